The van der Waals surface area contributed by atoms with Crippen LogP contribution in [0.3, 0.4) is 0 Å². The first-order valence-corrected chi connectivity index (χ1v) is 5.42. The highest BCUT2D eigenvalue weighted by Gasteiger charge is 2.31. The molecular formula is C10H17F3N2O. The molecule has 1 heterocycles. The van der Waals surface area contributed by atoms with Crippen LogP contribution in [0.15, 0.2) is 0 Å². The van der Waals surface area contributed by atoms with Gasteiger partial charge in [-0.25, -0.2) is 0 Å². The van der Waals surface area contributed by atoms with E-state index in [1.54, 1.807) is 0 Å². The second-order valence-corrected chi connectivity index (χ2v) is 4.22. The Balaban J connectivity index is 2.33. The van der Waals surface area contributed by atoms with Gasteiger partial charge in [0.05, 0.1) is 0 Å². The fourth-order valence-electron chi connectivity index (χ4n) is 1.82. The van der Waals surface area contributed by atoms with Gasteiger partial charge in [-0.2, -0.15) is 13.2 Å². The van der Waals surface area contributed by atoms with Gasteiger partial charge in [-0.05, 0) is 19.4 Å². The van der Waals surface area contributed by atoms with E-state index in [9.17, 15) is 18.0 Å². The third-order valence-electron chi connectivity index (χ3n) is 2.68. The van der Waals surface area contributed by atoms with Crippen LogP contribution >= 0.6 is 0 Å². The zero-order valence-corrected chi connectivity index (χ0v) is 9.31. The zero-order valence-electron chi connectivity index (χ0n) is 9.31. The number of carbonyl (C=O) groups is 1. The molecule has 3 nitrogen and oxygen atoms in total. The summed E-state index contributed by atoms with van der Waals surface area (Å²) in [4.78, 5) is 12.2. The van der Waals surface area contributed by atoms with Crippen molar-refractivity contribution < 1.29 is 18.0 Å². The molecule has 1 atom stereocenters. The molecule has 1 N–H and O–H groups in total. The van der Waals surface area contributed by atoms with E-state index in [4.69, 9.17) is 0 Å². The van der Waals surface area contributed by atoms with Crippen LogP contribution in [0.2, 0.25) is 0 Å². The summed E-state index contributed by atoms with van der Waals surface area (Å²) in [7, 11) is 1.19. The Kier molecular flexibility index (Phi) is 4.58. The molecule has 0 bridgehead atoms. The zero-order chi connectivity index (χ0) is 12.2. The van der Waals surface area contributed by atoms with E-state index in [0.717, 1.165) is 30.7 Å². The number of hydrogen-bond acceptors (Lipinski definition) is 2. The molecule has 1 amide bonds. The molecule has 0 spiro atoms. The van der Waals surface area contributed by atoms with Gasteiger partial charge in [0, 0.05) is 19.5 Å². The Hall–Kier alpha value is -0.780. The number of alkyl halides is 3. The van der Waals surface area contributed by atoms with Crippen LogP contribution in [0, 0.1) is 0 Å². The highest BCUT2D eigenvalue weighted by Crippen LogP contribution is 2.17. The lowest BCUT2D eigenvalue weighted by molar-refractivity contribution is -0.158. The predicted molar refractivity (Wildman–Crippen MR) is 54.0 cm³/mol. The minimum Gasteiger partial charge on any atom is -0.337 e. The summed E-state index contributed by atoms with van der Waals surface area (Å²) in [6.07, 6.45) is -1.18. The second kappa shape index (κ2) is 5.52. The van der Waals surface area contributed by atoms with Crippen LogP contribution in [0.4, 0.5) is 13.2 Å². The lowest BCUT2D eigenvalue weighted by Crippen LogP contribution is -2.41. The van der Waals surface area contributed by atoms with Gasteiger partial charge in [-0.3, -0.25) is 4.79 Å². The second-order valence-electron chi connectivity index (χ2n) is 4.22. The van der Waals surface area contributed by atoms with Crippen molar-refractivity contribution in [1.29, 1.82) is 0 Å². The third-order valence-corrected chi connectivity index (χ3v) is 2.68. The molecule has 1 aliphatic heterocycles. The monoisotopic (exact) mass is 238 g/mol. The molecule has 94 valence electrons. The summed E-state index contributed by atoms with van der Waals surface area (Å²) in [5.74, 6) is -0.447. The summed E-state index contributed by atoms with van der Waals surface area (Å²) in [6, 6.07) is 0.0388. The highest BCUT2D eigenvalue weighted by molar-refractivity contribution is 5.76. The van der Waals surface area contributed by atoms with Crippen molar-refractivity contribution >= 4 is 5.91 Å². The van der Waals surface area contributed by atoms with Gasteiger partial charge in [-0.1, -0.05) is 6.42 Å². The predicted octanol–water partition coefficient (Wildman–Crippen LogP) is 1.54. The quantitative estimate of drug-likeness (QED) is 0.809. The fraction of sp³-hybridized carbons (Fsp3) is 0.900. The van der Waals surface area contributed by atoms with Gasteiger partial charge in [0.2, 0.25) is 5.91 Å². The van der Waals surface area contributed by atoms with E-state index < -0.39 is 18.6 Å². The molecule has 0 saturated carbocycles. The van der Waals surface area contributed by atoms with Crippen LogP contribution in [-0.4, -0.2) is 43.2 Å². The van der Waals surface area contributed by atoms with Crippen LogP contribution < -0.4 is 5.32 Å². The van der Waals surface area contributed by atoms with Crippen molar-refractivity contribution in [3.8, 4) is 0 Å². The van der Waals surface area contributed by atoms with Crippen LogP contribution in [0.5, 0.6) is 0 Å². The summed E-state index contributed by atoms with van der Waals surface area (Å²) in [5, 5.41) is 3.14. The normalized spacial score (nSPS) is 21.9. The number of nitrogens with zero attached hydrogens (tertiary/aromatic N) is 1. The van der Waals surface area contributed by atoms with Gasteiger partial charge in [0.15, 0.2) is 0 Å². The molecule has 0 aromatic carbocycles. The highest BCUT2D eigenvalue weighted by atomic mass is 19.4. The van der Waals surface area contributed by atoms with E-state index in [-0.39, 0.29) is 12.5 Å². The third kappa shape index (κ3) is 4.83. The van der Waals surface area contributed by atoms with E-state index in [2.05, 4.69) is 5.32 Å². The summed E-state index contributed by atoms with van der Waals surface area (Å²) in [5.41, 5.74) is 0. The maximum atomic E-state index is 12.0. The molecule has 6 heteroatoms. The molecule has 0 radical (unpaired) electrons. The van der Waals surface area contributed by atoms with Crippen molar-refractivity contribution in [2.75, 3.05) is 20.1 Å². The Morgan fingerprint density at radius 1 is 1.44 bits per heavy atom. The summed E-state index contributed by atoms with van der Waals surface area (Å²) >= 11 is 0. The smallest absolute Gasteiger partial charge is 0.337 e. The first-order chi connectivity index (χ1) is 7.38. The first-order valence-electron chi connectivity index (χ1n) is 5.42. The average Bonchev–Trinajstić information content (AvgIpc) is 2.16. The first kappa shape index (κ1) is 13.3. The maximum absolute atomic E-state index is 12.0. The Bertz CT molecular complexity index is 237. The van der Waals surface area contributed by atoms with Crippen LogP contribution in [-0.2, 0) is 4.79 Å². The van der Waals surface area contributed by atoms with Crippen molar-refractivity contribution in [2.24, 2.45) is 0 Å². The van der Waals surface area contributed by atoms with Crippen molar-refractivity contribution in [1.82, 2.24) is 10.2 Å². The largest absolute Gasteiger partial charge is 0.406 e. The number of hydrogen-bond donors (Lipinski definition) is 1. The summed E-state index contributed by atoms with van der Waals surface area (Å²) < 4.78 is 36.1. The number of amides is 1. The molecule has 1 aliphatic rings. The standard InChI is InChI=1S/C10H17F3N2O/c1-15(7-10(11,12)13)9(16)6-8-4-2-3-5-14-8/h8,14H,2-7H2,1H3. The van der Waals surface area contributed by atoms with E-state index in [1.807, 2.05) is 0 Å². The number of halogens is 3. The molecule has 1 fully saturated rings. The van der Waals surface area contributed by atoms with E-state index >= 15 is 0 Å². The van der Waals surface area contributed by atoms with Crippen molar-refractivity contribution in [3.05, 3.63) is 0 Å². The number of nitrogens with one attached hydrogen (secondary N) is 1. The number of rotatable bonds is 3. The average molecular weight is 238 g/mol. The van der Waals surface area contributed by atoms with Gasteiger partial charge in [-0.15, -0.1) is 0 Å². The molecule has 0 aromatic heterocycles. The molecule has 16 heavy (non-hydrogen) atoms. The SMILES string of the molecule is CN(CC(F)(F)F)C(=O)CC1CCCCN1. The number of carbonyl (C=O) groups excluding carboxylic acids is 1. The van der Waals surface area contributed by atoms with Crippen LogP contribution in [0.25, 0.3) is 0 Å². The van der Waals surface area contributed by atoms with Gasteiger partial charge in [0.25, 0.3) is 0 Å². The molecular weight excluding hydrogens is 221 g/mol. The maximum Gasteiger partial charge on any atom is 0.406 e. The minimum absolute atomic E-state index is 0.0388. The fourth-order valence-corrected chi connectivity index (χ4v) is 1.82. The minimum atomic E-state index is -4.32. The van der Waals surface area contributed by atoms with Crippen molar-refractivity contribution in [3.63, 3.8) is 0 Å². The molecule has 1 unspecified atom stereocenters. The molecule has 0 aliphatic carbocycles. The van der Waals surface area contributed by atoms with E-state index in [0.29, 0.717) is 0 Å². The molecule has 1 rings (SSSR count). The molecule has 0 aromatic rings. The molecule has 1 saturated heterocycles. The lowest BCUT2D eigenvalue weighted by Gasteiger charge is -2.26. The summed E-state index contributed by atoms with van der Waals surface area (Å²) in [6.45, 7) is -0.320. The topological polar surface area (TPSA) is 32.3 Å². The van der Waals surface area contributed by atoms with Gasteiger partial charge >= 0.3 is 6.18 Å². The van der Waals surface area contributed by atoms with Crippen molar-refractivity contribution in [2.45, 2.75) is 37.9 Å². The van der Waals surface area contributed by atoms with Crippen LogP contribution in [0.1, 0.15) is 25.7 Å². The Morgan fingerprint density at radius 3 is 2.62 bits per heavy atom. The Labute approximate surface area is 93.0 Å². The number of piperidine rings is 1. The Morgan fingerprint density at radius 2 is 2.12 bits per heavy atom. The van der Waals surface area contributed by atoms with Gasteiger partial charge < -0.3 is 10.2 Å². The van der Waals surface area contributed by atoms with Gasteiger partial charge in [0.1, 0.15) is 6.54 Å². The lowest BCUT2D eigenvalue weighted by atomic mass is 10.0. The van der Waals surface area contributed by atoms with E-state index in [1.165, 1.54) is 7.05 Å².